The zero-order chi connectivity index (χ0) is 9.42. The summed E-state index contributed by atoms with van der Waals surface area (Å²) >= 11 is 3.38. The van der Waals surface area contributed by atoms with Gasteiger partial charge in [0.25, 0.3) is 0 Å². The molecular weight excluding hydrogens is 230 g/mol. The average Bonchev–Trinajstić information content (AvgIpc) is 2.46. The maximum Gasteiger partial charge on any atom is 0.158 e. The van der Waals surface area contributed by atoms with Gasteiger partial charge >= 0.3 is 0 Å². The van der Waals surface area contributed by atoms with Gasteiger partial charge in [-0.1, -0.05) is 15.9 Å². The van der Waals surface area contributed by atoms with Crippen molar-refractivity contribution >= 4 is 27.3 Å². The minimum Gasteiger partial charge on any atom is -0.295 e. The summed E-state index contributed by atoms with van der Waals surface area (Å²) in [7, 11) is 0. The number of hydrogen-bond acceptors (Lipinski definition) is 2. The highest BCUT2D eigenvalue weighted by Crippen LogP contribution is 2.05. The first-order valence-electron chi connectivity index (χ1n) is 4.02. The van der Waals surface area contributed by atoms with Crippen molar-refractivity contribution in [2.75, 3.05) is 6.54 Å². The first-order valence-corrected chi connectivity index (χ1v) is 4.82. The molecular formula is C10H8BrNO. The molecule has 66 valence electrons. The smallest absolute Gasteiger partial charge is 0.158 e. The molecule has 2 rings (SSSR count). The number of ketones is 1. The van der Waals surface area contributed by atoms with Crippen LogP contribution >= 0.6 is 15.9 Å². The van der Waals surface area contributed by atoms with Crippen molar-refractivity contribution in [1.29, 1.82) is 0 Å². The molecule has 0 fully saturated rings. The van der Waals surface area contributed by atoms with Gasteiger partial charge in [-0.15, -0.1) is 0 Å². The lowest BCUT2D eigenvalue weighted by Gasteiger charge is -1.92. The maximum absolute atomic E-state index is 11.2. The molecule has 13 heavy (non-hydrogen) atoms. The number of carbonyl (C=O) groups is 1. The predicted octanol–water partition coefficient (Wildman–Crippen LogP) is 0.822. The van der Waals surface area contributed by atoms with E-state index in [9.17, 15) is 4.79 Å². The fourth-order valence-electron chi connectivity index (χ4n) is 1.44. The number of fused-ring (bicyclic) bond motifs is 1. The molecule has 1 aromatic carbocycles. The van der Waals surface area contributed by atoms with Gasteiger partial charge < -0.3 is 0 Å². The first kappa shape index (κ1) is 8.63. The molecule has 0 saturated heterocycles. The number of rotatable bonds is 1. The van der Waals surface area contributed by atoms with E-state index < -0.39 is 0 Å². The Morgan fingerprint density at radius 2 is 2.31 bits per heavy atom. The topological polar surface area (TPSA) is 29.4 Å². The van der Waals surface area contributed by atoms with Crippen molar-refractivity contribution in [3.8, 4) is 0 Å². The molecule has 0 bridgehead atoms. The van der Waals surface area contributed by atoms with E-state index in [1.807, 2.05) is 18.2 Å². The van der Waals surface area contributed by atoms with E-state index in [0.29, 0.717) is 6.54 Å². The van der Waals surface area contributed by atoms with Crippen LogP contribution in [0, 0.1) is 0 Å². The minimum absolute atomic E-state index is 0.112. The normalized spacial score (nSPS) is 13.8. The predicted molar refractivity (Wildman–Crippen MR) is 53.9 cm³/mol. The van der Waals surface area contributed by atoms with Gasteiger partial charge in [0.2, 0.25) is 0 Å². The van der Waals surface area contributed by atoms with Gasteiger partial charge in [-0.25, -0.2) is 0 Å². The van der Waals surface area contributed by atoms with Gasteiger partial charge in [-0.05, 0) is 25.1 Å². The SMILES string of the molecule is CC(=O)C1=c2cc(Br)ccc2=NC1. The molecule has 0 amide bonds. The Morgan fingerprint density at radius 3 is 3.00 bits per heavy atom. The van der Waals surface area contributed by atoms with E-state index in [1.165, 1.54) is 0 Å². The van der Waals surface area contributed by atoms with Crippen LogP contribution < -0.4 is 10.6 Å². The van der Waals surface area contributed by atoms with Gasteiger partial charge in [0.15, 0.2) is 5.78 Å². The second-order valence-corrected chi connectivity index (χ2v) is 3.93. The van der Waals surface area contributed by atoms with E-state index in [0.717, 1.165) is 20.6 Å². The van der Waals surface area contributed by atoms with Crippen LogP contribution in [0.5, 0.6) is 0 Å². The fourth-order valence-corrected chi connectivity index (χ4v) is 1.80. The summed E-state index contributed by atoms with van der Waals surface area (Å²) in [6.07, 6.45) is 0. The molecule has 0 unspecified atom stereocenters. The maximum atomic E-state index is 11.2. The number of carbonyl (C=O) groups excluding carboxylic acids is 1. The third-order valence-electron chi connectivity index (χ3n) is 2.12. The van der Waals surface area contributed by atoms with Gasteiger partial charge in [0, 0.05) is 15.3 Å². The van der Waals surface area contributed by atoms with Gasteiger partial charge in [-0.2, -0.15) is 0 Å². The molecule has 0 aliphatic carbocycles. The van der Waals surface area contributed by atoms with Crippen LogP contribution in [0.2, 0.25) is 0 Å². The molecule has 0 atom stereocenters. The first-order chi connectivity index (χ1) is 6.18. The Hall–Kier alpha value is -0.960. The monoisotopic (exact) mass is 237 g/mol. The lowest BCUT2D eigenvalue weighted by molar-refractivity contribution is -0.112. The highest BCUT2D eigenvalue weighted by molar-refractivity contribution is 9.10. The quantitative estimate of drug-likeness (QED) is 0.712. The second kappa shape index (κ2) is 3.07. The Bertz CT molecular complexity index is 490. The largest absolute Gasteiger partial charge is 0.295 e. The van der Waals surface area contributed by atoms with Crippen LogP contribution in [-0.4, -0.2) is 12.3 Å². The van der Waals surface area contributed by atoms with Crippen molar-refractivity contribution in [3.63, 3.8) is 0 Å². The molecule has 0 radical (unpaired) electrons. The summed E-state index contributed by atoms with van der Waals surface area (Å²) in [5, 5.41) is 1.90. The minimum atomic E-state index is 0.112. The van der Waals surface area contributed by atoms with Gasteiger partial charge in [0.05, 0.1) is 11.9 Å². The summed E-state index contributed by atoms with van der Waals surface area (Å²) < 4.78 is 0.988. The number of benzene rings is 1. The van der Waals surface area contributed by atoms with Crippen molar-refractivity contribution < 1.29 is 4.79 Å². The van der Waals surface area contributed by atoms with Crippen molar-refractivity contribution in [2.45, 2.75) is 6.92 Å². The standard InChI is InChI=1S/C10H8BrNO/c1-6(13)9-5-12-10-3-2-7(11)4-8(9)10/h2-4H,5H2,1H3. The Kier molecular flexibility index (Phi) is 2.04. The molecule has 3 heteroatoms. The molecule has 0 aromatic heterocycles. The number of halogens is 1. The molecule has 1 aliphatic rings. The van der Waals surface area contributed by atoms with Gasteiger partial charge in [-0.3, -0.25) is 9.79 Å². The number of Topliss-reactive ketones (excluding diaryl/α,β-unsaturated/α-hetero) is 1. The third-order valence-corrected chi connectivity index (χ3v) is 2.61. The zero-order valence-corrected chi connectivity index (χ0v) is 8.76. The molecule has 0 saturated carbocycles. The van der Waals surface area contributed by atoms with Crippen LogP contribution in [0.3, 0.4) is 0 Å². The fraction of sp³-hybridized carbons (Fsp3) is 0.200. The summed E-state index contributed by atoms with van der Waals surface area (Å²) in [6, 6.07) is 5.81. The second-order valence-electron chi connectivity index (χ2n) is 3.01. The third kappa shape index (κ3) is 1.44. The van der Waals surface area contributed by atoms with Crippen LogP contribution in [0.1, 0.15) is 6.92 Å². The molecule has 1 aliphatic heterocycles. The Balaban J connectivity index is 2.82. The molecule has 1 aromatic rings. The van der Waals surface area contributed by atoms with E-state index in [1.54, 1.807) is 6.92 Å². The van der Waals surface area contributed by atoms with Crippen LogP contribution in [0.15, 0.2) is 27.7 Å². The summed E-state index contributed by atoms with van der Waals surface area (Å²) in [6.45, 7) is 2.11. The zero-order valence-electron chi connectivity index (χ0n) is 7.17. The van der Waals surface area contributed by atoms with E-state index in [2.05, 4.69) is 20.9 Å². The lowest BCUT2D eigenvalue weighted by Crippen LogP contribution is -2.24. The number of hydrogen-bond donors (Lipinski definition) is 0. The molecule has 0 spiro atoms. The molecule has 1 heterocycles. The Morgan fingerprint density at radius 1 is 1.54 bits per heavy atom. The van der Waals surface area contributed by atoms with Crippen molar-refractivity contribution in [1.82, 2.24) is 0 Å². The summed E-state index contributed by atoms with van der Waals surface area (Å²) in [4.78, 5) is 15.5. The van der Waals surface area contributed by atoms with Crippen LogP contribution in [0.25, 0.3) is 5.57 Å². The van der Waals surface area contributed by atoms with E-state index in [4.69, 9.17) is 0 Å². The highest BCUT2D eigenvalue weighted by Gasteiger charge is 2.10. The summed E-state index contributed by atoms with van der Waals surface area (Å²) in [5.41, 5.74) is 0.816. The average molecular weight is 238 g/mol. The van der Waals surface area contributed by atoms with E-state index in [-0.39, 0.29) is 5.78 Å². The highest BCUT2D eigenvalue weighted by atomic mass is 79.9. The Labute approximate surface area is 84.1 Å². The van der Waals surface area contributed by atoms with Crippen LogP contribution in [-0.2, 0) is 4.79 Å². The van der Waals surface area contributed by atoms with Crippen molar-refractivity contribution in [3.05, 3.63) is 33.2 Å². The molecule has 0 N–H and O–H groups in total. The lowest BCUT2D eigenvalue weighted by atomic mass is 10.1. The molecule has 2 nitrogen and oxygen atoms in total. The van der Waals surface area contributed by atoms with Crippen LogP contribution in [0.4, 0.5) is 0 Å². The van der Waals surface area contributed by atoms with Gasteiger partial charge in [0.1, 0.15) is 0 Å². The van der Waals surface area contributed by atoms with E-state index >= 15 is 0 Å². The summed E-state index contributed by atoms with van der Waals surface area (Å²) in [5.74, 6) is 0.112. The van der Waals surface area contributed by atoms with Crippen molar-refractivity contribution in [2.24, 2.45) is 4.99 Å². The number of nitrogens with zero attached hydrogens (tertiary/aromatic N) is 1.